The molecule has 3 atom stereocenters. The molecule has 0 aromatic heterocycles. The van der Waals surface area contributed by atoms with Gasteiger partial charge in [-0.2, -0.15) is 0 Å². The van der Waals surface area contributed by atoms with E-state index in [9.17, 15) is 9.59 Å². The molecule has 132 valence electrons. The molecule has 4 nitrogen and oxygen atoms in total. The summed E-state index contributed by atoms with van der Waals surface area (Å²) in [6, 6.07) is 0. The Balaban J connectivity index is 1.97. The van der Waals surface area contributed by atoms with E-state index in [0.29, 0.717) is 12.8 Å². The predicted octanol–water partition coefficient (Wildman–Crippen LogP) is 3.85. The van der Waals surface area contributed by atoms with Gasteiger partial charge < -0.3 is 9.47 Å². The van der Waals surface area contributed by atoms with E-state index in [1.54, 1.807) is 0 Å². The van der Waals surface area contributed by atoms with Crippen molar-refractivity contribution in [2.75, 3.05) is 6.61 Å². The lowest BCUT2D eigenvalue weighted by molar-refractivity contribution is -0.127. The Morgan fingerprint density at radius 3 is 2.30 bits per heavy atom. The quantitative estimate of drug-likeness (QED) is 0.502. The standard InChI is InChI=1S/C19H32O4/c1-14-18(2,3)19(4)17(23-19)11-8-10-16(21)13-15(20)9-6-5-7-12-22-14/h14,17H,5-13H2,1-4H3. The molecule has 0 aromatic rings. The average molecular weight is 324 g/mol. The molecule has 2 fully saturated rings. The van der Waals surface area contributed by atoms with E-state index in [0.717, 1.165) is 38.7 Å². The van der Waals surface area contributed by atoms with Crippen molar-refractivity contribution in [3.63, 3.8) is 0 Å². The first-order valence-electron chi connectivity index (χ1n) is 9.10. The molecule has 0 aliphatic carbocycles. The number of hydrogen-bond acceptors (Lipinski definition) is 4. The van der Waals surface area contributed by atoms with Gasteiger partial charge in [0.25, 0.3) is 0 Å². The molecule has 2 aliphatic heterocycles. The molecule has 3 unspecified atom stereocenters. The summed E-state index contributed by atoms with van der Waals surface area (Å²) >= 11 is 0. The molecule has 0 radical (unpaired) electrons. The summed E-state index contributed by atoms with van der Waals surface area (Å²) in [4.78, 5) is 23.7. The van der Waals surface area contributed by atoms with Gasteiger partial charge in [0.05, 0.1) is 24.2 Å². The highest BCUT2D eigenvalue weighted by molar-refractivity contribution is 5.98. The third-order valence-corrected chi connectivity index (χ3v) is 6.02. The summed E-state index contributed by atoms with van der Waals surface area (Å²) in [6.07, 6.45) is 5.92. The van der Waals surface area contributed by atoms with Crippen LogP contribution in [0.1, 0.15) is 79.1 Å². The molecule has 0 amide bonds. The maximum atomic E-state index is 11.9. The van der Waals surface area contributed by atoms with Crippen LogP contribution in [-0.4, -0.2) is 36.0 Å². The third kappa shape index (κ3) is 4.42. The molecule has 0 bridgehead atoms. The van der Waals surface area contributed by atoms with E-state index in [1.165, 1.54) is 0 Å². The zero-order valence-electron chi connectivity index (χ0n) is 15.2. The van der Waals surface area contributed by atoms with Gasteiger partial charge in [0.15, 0.2) is 0 Å². The summed E-state index contributed by atoms with van der Waals surface area (Å²) in [6.45, 7) is 9.43. The highest BCUT2D eigenvalue weighted by atomic mass is 16.6. The second-order valence-electron chi connectivity index (χ2n) is 7.91. The largest absolute Gasteiger partial charge is 0.378 e. The molecular formula is C19H32O4. The first-order chi connectivity index (χ1) is 10.8. The summed E-state index contributed by atoms with van der Waals surface area (Å²) in [7, 11) is 0. The molecule has 2 heterocycles. The summed E-state index contributed by atoms with van der Waals surface area (Å²) in [5.41, 5.74) is -0.239. The van der Waals surface area contributed by atoms with Crippen LogP contribution in [0.15, 0.2) is 0 Å². The van der Waals surface area contributed by atoms with Crippen LogP contribution in [0, 0.1) is 5.41 Å². The van der Waals surface area contributed by atoms with Gasteiger partial charge >= 0.3 is 0 Å². The zero-order chi connectivity index (χ0) is 17.1. The lowest BCUT2D eigenvalue weighted by atomic mass is 9.73. The van der Waals surface area contributed by atoms with Gasteiger partial charge in [-0.05, 0) is 39.5 Å². The molecule has 0 saturated carbocycles. The number of ketones is 2. The fraction of sp³-hybridized carbons (Fsp3) is 0.895. The number of epoxide rings is 1. The molecule has 0 aromatic carbocycles. The van der Waals surface area contributed by atoms with E-state index in [4.69, 9.17) is 9.47 Å². The Labute approximate surface area is 140 Å². The summed E-state index contributed by atoms with van der Waals surface area (Å²) in [5.74, 6) is 0.172. The molecule has 23 heavy (non-hydrogen) atoms. The normalized spacial score (nSPS) is 37.2. The lowest BCUT2D eigenvalue weighted by Gasteiger charge is -2.36. The fourth-order valence-electron chi connectivity index (χ4n) is 3.52. The van der Waals surface area contributed by atoms with Gasteiger partial charge in [0.1, 0.15) is 11.6 Å². The number of Topliss-reactive ketones (excluding diaryl/α,β-unsaturated/α-hetero) is 2. The minimum atomic E-state index is -0.178. The van der Waals surface area contributed by atoms with Crippen molar-refractivity contribution in [3.8, 4) is 0 Å². The van der Waals surface area contributed by atoms with Crippen molar-refractivity contribution in [2.45, 2.75) is 96.9 Å². The van der Waals surface area contributed by atoms with E-state index in [1.807, 2.05) is 0 Å². The van der Waals surface area contributed by atoms with E-state index in [-0.39, 0.29) is 41.2 Å². The maximum absolute atomic E-state index is 11.9. The lowest BCUT2D eigenvalue weighted by Crippen LogP contribution is -2.43. The Morgan fingerprint density at radius 2 is 1.61 bits per heavy atom. The first kappa shape index (κ1) is 18.6. The van der Waals surface area contributed by atoms with Gasteiger partial charge in [-0.25, -0.2) is 0 Å². The molecule has 2 saturated heterocycles. The Morgan fingerprint density at radius 1 is 0.957 bits per heavy atom. The van der Waals surface area contributed by atoms with Crippen molar-refractivity contribution in [1.82, 2.24) is 0 Å². The van der Waals surface area contributed by atoms with Gasteiger partial charge in [0.2, 0.25) is 0 Å². The molecule has 0 N–H and O–H groups in total. The van der Waals surface area contributed by atoms with Crippen molar-refractivity contribution in [2.24, 2.45) is 5.41 Å². The van der Waals surface area contributed by atoms with Crippen LogP contribution in [0.4, 0.5) is 0 Å². The maximum Gasteiger partial charge on any atom is 0.140 e. The predicted molar refractivity (Wildman–Crippen MR) is 89.4 cm³/mol. The number of hydrogen-bond donors (Lipinski definition) is 0. The molecule has 2 rings (SSSR count). The minimum absolute atomic E-state index is 0.0608. The molecule has 2 aliphatic rings. The zero-order valence-corrected chi connectivity index (χ0v) is 15.2. The SMILES string of the molecule is CC1OCCCCCC(=O)CC(=O)CCCC2OC2(C)C1(C)C. The topological polar surface area (TPSA) is 55.9 Å². The van der Waals surface area contributed by atoms with Crippen molar-refractivity contribution >= 4 is 11.6 Å². The number of carbonyl (C=O) groups is 2. The number of ether oxygens (including phenoxy) is 2. The second kappa shape index (κ2) is 7.43. The monoisotopic (exact) mass is 324 g/mol. The van der Waals surface area contributed by atoms with E-state index < -0.39 is 0 Å². The van der Waals surface area contributed by atoms with Crippen molar-refractivity contribution in [3.05, 3.63) is 0 Å². The Bertz CT molecular complexity index is 443. The third-order valence-electron chi connectivity index (χ3n) is 6.02. The van der Waals surface area contributed by atoms with Crippen LogP contribution in [0.5, 0.6) is 0 Å². The second-order valence-corrected chi connectivity index (χ2v) is 7.91. The van der Waals surface area contributed by atoms with Gasteiger partial charge in [-0.3, -0.25) is 9.59 Å². The van der Waals surface area contributed by atoms with Crippen LogP contribution in [-0.2, 0) is 19.1 Å². The van der Waals surface area contributed by atoms with Gasteiger partial charge in [0, 0.05) is 24.9 Å². The number of rotatable bonds is 0. The summed E-state index contributed by atoms with van der Waals surface area (Å²) in [5, 5.41) is 0. The highest BCUT2D eigenvalue weighted by Crippen LogP contribution is 2.54. The first-order valence-corrected chi connectivity index (χ1v) is 9.10. The van der Waals surface area contributed by atoms with Gasteiger partial charge in [-0.1, -0.05) is 20.3 Å². The molecule has 0 spiro atoms. The van der Waals surface area contributed by atoms with Crippen LogP contribution in [0.2, 0.25) is 0 Å². The Hall–Kier alpha value is -0.740. The Kier molecular flexibility index (Phi) is 6.01. The van der Waals surface area contributed by atoms with Crippen LogP contribution in [0.3, 0.4) is 0 Å². The van der Waals surface area contributed by atoms with Crippen molar-refractivity contribution < 1.29 is 19.1 Å². The van der Waals surface area contributed by atoms with E-state index in [2.05, 4.69) is 27.7 Å². The number of carbonyl (C=O) groups excluding carboxylic acids is 2. The van der Waals surface area contributed by atoms with E-state index >= 15 is 0 Å². The van der Waals surface area contributed by atoms with Crippen LogP contribution in [0.25, 0.3) is 0 Å². The van der Waals surface area contributed by atoms with Gasteiger partial charge in [-0.15, -0.1) is 0 Å². The minimum Gasteiger partial charge on any atom is -0.378 e. The number of fused-ring (bicyclic) bond motifs is 1. The summed E-state index contributed by atoms with van der Waals surface area (Å²) < 4.78 is 12.1. The molecule has 4 heteroatoms. The average Bonchev–Trinajstić information content (AvgIpc) is 3.14. The van der Waals surface area contributed by atoms with Crippen LogP contribution >= 0.6 is 0 Å². The highest BCUT2D eigenvalue weighted by Gasteiger charge is 2.62. The van der Waals surface area contributed by atoms with Crippen molar-refractivity contribution in [1.29, 1.82) is 0 Å². The smallest absolute Gasteiger partial charge is 0.140 e. The fourth-order valence-corrected chi connectivity index (χ4v) is 3.52. The van der Waals surface area contributed by atoms with Crippen LogP contribution < -0.4 is 0 Å². The molecular weight excluding hydrogens is 292 g/mol.